The van der Waals surface area contributed by atoms with Crippen LogP contribution in [0.4, 0.5) is 17.6 Å². The number of benzene rings is 3. The number of carboxylic acids is 1. The lowest BCUT2D eigenvalue weighted by Gasteiger charge is -2.16. The van der Waals surface area contributed by atoms with E-state index in [1.54, 1.807) is 6.07 Å². The van der Waals surface area contributed by atoms with E-state index in [9.17, 15) is 32.3 Å². The molecule has 0 aliphatic heterocycles. The van der Waals surface area contributed by atoms with Crippen molar-refractivity contribution in [3.8, 4) is 11.1 Å². The topological polar surface area (TPSA) is 54.4 Å². The minimum Gasteiger partial charge on any atom is -0.481 e. The number of hydrogen-bond donors (Lipinski definition) is 1. The number of alkyl halides is 3. The van der Waals surface area contributed by atoms with Crippen molar-refractivity contribution in [3.63, 3.8) is 0 Å². The molecule has 0 saturated carbocycles. The van der Waals surface area contributed by atoms with E-state index in [1.807, 2.05) is 6.92 Å². The zero-order valence-electron chi connectivity index (χ0n) is 17.1. The third-order valence-corrected chi connectivity index (χ3v) is 5.15. The summed E-state index contributed by atoms with van der Waals surface area (Å²) in [5, 5.41) is 9.67. The largest absolute Gasteiger partial charge is 0.481 e. The fourth-order valence-corrected chi connectivity index (χ4v) is 3.49. The van der Waals surface area contributed by atoms with E-state index in [0.717, 1.165) is 24.3 Å². The lowest BCUT2D eigenvalue weighted by Crippen LogP contribution is -2.13. The van der Waals surface area contributed by atoms with Crippen LogP contribution in [0.2, 0.25) is 0 Å². The summed E-state index contributed by atoms with van der Waals surface area (Å²) in [4.78, 5) is 24.8. The maximum atomic E-state index is 13.2. The third kappa shape index (κ3) is 5.22. The molecule has 7 heteroatoms. The highest BCUT2D eigenvalue weighted by Crippen LogP contribution is 2.33. The van der Waals surface area contributed by atoms with Gasteiger partial charge in [0.05, 0.1) is 11.5 Å². The monoisotopic (exact) mass is 444 g/mol. The predicted octanol–water partition coefficient (Wildman–Crippen LogP) is 6.71. The molecule has 32 heavy (non-hydrogen) atoms. The molecule has 0 amide bonds. The van der Waals surface area contributed by atoms with E-state index in [2.05, 4.69) is 0 Å². The quantitative estimate of drug-likeness (QED) is 0.325. The van der Waals surface area contributed by atoms with E-state index in [0.29, 0.717) is 29.5 Å². The summed E-state index contributed by atoms with van der Waals surface area (Å²) in [6.45, 7) is 1.83. The first-order valence-corrected chi connectivity index (χ1v) is 9.96. The second-order valence-electron chi connectivity index (χ2n) is 7.43. The normalized spacial score (nSPS) is 12.4. The summed E-state index contributed by atoms with van der Waals surface area (Å²) in [6, 6.07) is 13.9. The first-order valence-electron chi connectivity index (χ1n) is 9.96. The molecule has 3 aromatic carbocycles. The van der Waals surface area contributed by atoms with Crippen LogP contribution in [-0.4, -0.2) is 16.9 Å². The van der Waals surface area contributed by atoms with E-state index >= 15 is 0 Å². The van der Waals surface area contributed by atoms with Crippen molar-refractivity contribution in [2.24, 2.45) is 0 Å². The summed E-state index contributed by atoms with van der Waals surface area (Å²) in [5.41, 5.74) is 0.782. The van der Waals surface area contributed by atoms with Crippen LogP contribution in [0.1, 0.15) is 52.7 Å². The van der Waals surface area contributed by atoms with Crippen LogP contribution in [-0.2, 0) is 11.0 Å². The zero-order valence-corrected chi connectivity index (χ0v) is 17.1. The van der Waals surface area contributed by atoms with Gasteiger partial charge in [0.25, 0.3) is 0 Å². The van der Waals surface area contributed by atoms with E-state index in [1.165, 1.54) is 36.4 Å². The van der Waals surface area contributed by atoms with E-state index in [4.69, 9.17) is 0 Å². The maximum Gasteiger partial charge on any atom is 0.416 e. The SMILES string of the molecule is CCCC(C(=O)O)c1cc(C(=O)c2ccc(F)cc2)cc(-c2ccc(C(F)(F)F)cc2)c1. The Morgan fingerprint density at radius 3 is 2.03 bits per heavy atom. The molecule has 0 fully saturated rings. The molecule has 0 aliphatic carbocycles. The van der Waals surface area contributed by atoms with Gasteiger partial charge in [0.1, 0.15) is 5.82 Å². The Hall–Kier alpha value is -3.48. The molecule has 3 nitrogen and oxygen atoms in total. The number of halogens is 4. The van der Waals surface area contributed by atoms with Gasteiger partial charge in [-0.3, -0.25) is 9.59 Å². The first-order chi connectivity index (χ1) is 15.1. The average molecular weight is 444 g/mol. The fraction of sp³-hybridized carbons (Fsp3) is 0.200. The smallest absolute Gasteiger partial charge is 0.416 e. The van der Waals surface area contributed by atoms with Crippen LogP contribution in [0.25, 0.3) is 11.1 Å². The number of rotatable bonds is 7. The second kappa shape index (κ2) is 9.34. The Morgan fingerprint density at radius 1 is 0.875 bits per heavy atom. The summed E-state index contributed by atoms with van der Waals surface area (Å²) in [6.07, 6.45) is -3.57. The van der Waals surface area contributed by atoms with Gasteiger partial charge in [0.15, 0.2) is 5.78 Å². The van der Waals surface area contributed by atoms with Gasteiger partial charge in [-0.2, -0.15) is 13.2 Å². The predicted molar refractivity (Wildman–Crippen MR) is 112 cm³/mol. The van der Waals surface area contributed by atoms with Gasteiger partial charge in [-0.25, -0.2) is 4.39 Å². The van der Waals surface area contributed by atoms with Crippen LogP contribution in [0.3, 0.4) is 0 Å². The lowest BCUT2D eigenvalue weighted by atomic mass is 9.88. The van der Waals surface area contributed by atoms with Crippen LogP contribution in [0.15, 0.2) is 66.7 Å². The number of carboxylic acid groups (broad SMARTS) is 1. The average Bonchev–Trinajstić information content (AvgIpc) is 2.76. The van der Waals surface area contributed by atoms with Gasteiger partial charge in [0.2, 0.25) is 0 Å². The molecule has 0 bridgehead atoms. The molecule has 1 unspecified atom stereocenters. The molecule has 3 aromatic rings. The highest BCUT2D eigenvalue weighted by molar-refractivity contribution is 6.09. The number of carbonyl (C=O) groups excluding carboxylic acids is 1. The molecule has 0 radical (unpaired) electrons. The van der Waals surface area contributed by atoms with Crippen molar-refractivity contribution in [1.82, 2.24) is 0 Å². The zero-order chi connectivity index (χ0) is 23.5. The first kappa shape index (κ1) is 23.2. The molecule has 3 rings (SSSR count). The van der Waals surface area contributed by atoms with Crippen molar-refractivity contribution in [2.75, 3.05) is 0 Å². The van der Waals surface area contributed by atoms with Gasteiger partial charge in [-0.15, -0.1) is 0 Å². The Morgan fingerprint density at radius 2 is 1.50 bits per heavy atom. The van der Waals surface area contributed by atoms with Crippen LogP contribution >= 0.6 is 0 Å². The van der Waals surface area contributed by atoms with Crippen molar-refractivity contribution in [2.45, 2.75) is 31.9 Å². The summed E-state index contributed by atoms with van der Waals surface area (Å²) in [5.74, 6) is -2.89. The minimum atomic E-state index is -4.49. The van der Waals surface area contributed by atoms with Crippen molar-refractivity contribution >= 4 is 11.8 Å². The standard InChI is InChI=1S/C25H20F4O3/c1-2-3-22(24(31)32)18-12-17(15-4-8-20(9-5-15)25(27,28)29)13-19(14-18)23(30)16-6-10-21(26)11-7-16/h4-14,22H,2-3H2,1H3,(H,31,32). The molecule has 0 aromatic heterocycles. The van der Waals surface area contributed by atoms with Gasteiger partial charge >= 0.3 is 12.1 Å². The van der Waals surface area contributed by atoms with E-state index < -0.39 is 35.2 Å². The third-order valence-electron chi connectivity index (χ3n) is 5.15. The van der Waals surface area contributed by atoms with Crippen LogP contribution < -0.4 is 0 Å². The number of ketones is 1. The van der Waals surface area contributed by atoms with E-state index in [-0.39, 0.29) is 11.1 Å². The Bertz CT molecular complexity index is 1120. The fourth-order valence-electron chi connectivity index (χ4n) is 3.49. The lowest BCUT2D eigenvalue weighted by molar-refractivity contribution is -0.139. The minimum absolute atomic E-state index is 0.173. The van der Waals surface area contributed by atoms with Crippen LogP contribution in [0, 0.1) is 5.82 Å². The molecule has 1 atom stereocenters. The molecular formula is C25H20F4O3. The Kier molecular flexibility index (Phi) is 6.77. The number of carbonyl (C=O) groups is 2. The van der Waals surface area contributed by atoms with Crippen molar-refractivity contribution in [3.05, 3.63) is 94.8 Å². The molecule has 0 saturated heterocycles. The highest BCUT2D eigenvalue weighted by Gasteiger charge is 2.30. The van der Waals surface area contributed by atoms with Gasteiger partial charge < -0.3 is 5.11 Å². The van der Waals surface area contributed by atoms with Crippen LogP contribution in [0.5, 0.6) is 0 Å². The molecule has 166 valence electrons. The highest BCUT2D eigenvalue weighted by atomic mass is 19.4. The molecule has 0 spiro atoms. The Balaban J connectivity index is 2.12. The maximum absolute atomic E-state index is 13.2. The molecule has 0 heterocycles. The molecule has 1 N–H and O–H groups in total. The second-order valence-corrected chi connectivity index (χ2v) is 7.43. The molecular weight excluding hydrogens is 424 g/mol. The summed E-state index contributed by atoms with van der Waals surface area (Å²) >= 11 is 0. The van der Waals surface area contributed by atoms with Crippen molar-refractivity contribution in [1.29, 1.82) is 0 Å². The summed E-state index contributed by atoms with van der Waals surface area (Å²) < 4.78 is 52.0. The van der Waals surface area contributed by atoms with Crippen molar-refractivity contribution < 1.29 is 32.3 Å². The summed E-state index contributed by atoms with van der Waals surface area (Å²) in [7, 11) is 0. The number of aliphatic carboxylic acids is 1. The van der Waals surface area contributed by atoms with Gasteiger partial charge in [-0.05, 0) is 71.6 Å². The van der Waals surface area contributed by atoms with Gasteiger partial charge in [-0.1, -0.05) is 31.5 Å². The number of hydrogen-bond acceptors (Lipinski definition) is 2. The van der Waals surface area contributed by atoms with Gasteiger partial charge in [0, 0.05) is 11.1 Å². The Labute approximate surface area is 182 Å². The molecule has 0 aliphatic rings.